The summed E-state index contributed by atoms with van der Waals surface area (Å²) in [6.07, 6.45) is 1.92. The molecular weight excluding hydrogens is 242 g/mol. The van der Waals surface area contributed by atoms with E-state index in [-0.39, 0.29) is 0 Å². The van der Waals surface area contributed by atoms with Crippen molar-refractivity contribution in [2.45, 2.75) is 19.5 Å². The van der Waals surface area contributed by atoms with E-state index >= 15 is 0 Å². The predicted molar refractivity (Wildman–Crippen MR) is 78.0 cm³/mol. The van der Waals surface area contributed by atoms with Gasteiger partial charge in [0, 0.05) is 23.3 Å². The van der Waals surface area contributed by atoms with Crippen molar-refractivity contribution >= 4 is 17.0 Å². The first-order chi connectivity index (χ1) is 8.65. The van der Waals surface area contributed by atoms with Crippen LogP contribution in [0, 0.1) is 0 Å². The maximum Gasteiger partial charge on any atom is 0.0795 e. The summed E-state index contributed by atoms with van der Waals surface area (Å²) in [6, 6.07) is 8.87. The van der Waals surface area contributed by atoms with E-state index in [0.29, 0.717) is 6.04 Å². The first-order valence-electron chi connectivity index (χ1n) is 6.04. The Morgan fingerprint density at radius 1 is 1.39 bits per heavy atom. The highest BCUT2D eigenvalue weighted by Gasteiger charge is 2.07. The number of aromatic nitrogens is 1. The van der Waals surface area contributed by atoms with Crippen LogP contribution in [0.5, 0.6) is 0 Å². The Hall–Kier alpha value is -1.39. The lowest BCUT2D eigenvalue weighted by Crippen LogP contribution is -2.11. The predicted octanol–water partition coefficient (Wildman–Crippen LogP) is 3.38. The molecule has 0 fully saturated rings. The summed E-state index contributed by atoms with van der Waals surface area (Å²) in [5, 5.41) is 3.51. The van der Waals surface area contributed by atoms with Crippen LogP contribution in [0.4, 0.5) is 5.69 Å². The zero-order valence-electron chi connectivity index (χ0n) is 11.1. The minimum atomic E-state index is 0.298. The summed E-state index contributed by atoms with van der Waals surface area (Å²) in [6.45, 7) is 3.12. The molecule has 0 saturated carbocycles. The van der Waals surface area contributed by atoms with E-state index < -0.39 is 0 Å². The maximum absolute atomic E-state index is 4.11. The Bertz CT molecular complexity index is 480. The highest BCUT2D eigenvalue weighted by atomic mass is 32.1. The van der Waals surface area contributed by atoms with Crippen molar-refractivity contribution in [3.8, 4) is 0 Å². The molecule has 0 aliphatic carbocycles. The monoisotopic (exact) mass is 261 g/mol. The van der Waals surface area contributed by atoms with Crippen molar-refractivity contribution in [2.75, 3.05) is 19.4 Å². The summed E-state index contributed by atoms with van der Waals surface area (Å²) < 4.78 is 0. The fraction of sp³-hybridized carbons (Fsp3) is 0.357. The average Bonchev–Trinajstić information content (AvgIpc) is 2.81. The van der Waals surface area contributed by atoms with Gasteiger partial charge in [0.25, 0.3) is 0 Å². The molecule has 1 aromatic carbocycles. The molecule has 0 spiro atoms. The van der Waals surface area contributed by atoms with E-state index in [2.05, 4.69) is 60.5 Å². The molecule has 1 aromatic heterocycles. The fourth-order valence-electron chi connectivity index (χ4n) is 1.89. The minimum Gasteiger partial charge on any atom is -0.378 e. The molecule has 4 heteroatoms. The van der Waals surface area contributed by atoms with Gasteiger partial charge in [-0.05, 0) is 38.7 Å². The van der Waals surface area contributed by atoms with Gasteiger partial charge in [0.2, 0.25) is 0 Å². The third-order valence-electron chi connectivity index (χ3n) is 2.69. The fourth-order valence-corrected chi connectivity index (χ4v) is 2.51. The van der Waals surface area contributed by atoms with Crippen molar-refractivity contribution in [3.05, 3.63) is 46.4 Å². The van der Waals surface area contributed by atoms with Crippen molar-refractivity contribution in [1.82, 2.24) is 9.88 Å². The number of anilines is 1. The Morgan fingerprint density at radius 2 is 2.22 bits per heavy atom. The Balaban J connectivity index is 2.05. The van der Waals surface area contributed by atoms with Crippen LogP contribution in [0.15, 0.2) is 36.0 Å². The van der Waals surface area contributed by atoms with Crippen molar-refractivity contribution in [1.29, 1.82) is 0 Å². The smallest absolute Gasteiger partial charge is 0.0795 e. The first kappa shape index (κ1) is 13.1. The number of hydrogen-bond acceptors (Lipinski definition) is 4. The van der Waals surface area contributed by atoms with Crippen LogP contribution in [0.1, 0.15) is 23.4 Å². The van der Waals surface area contributed by atoms with Crippen LogP contribution >= 0.6 is 11.3 Å². The lowest BCUT2D eigenvalue weighted by atomic mass is 10.1. The molecule has 1 N–H and O–H groups in total. The molecule has 1 atom stereocenters. The SMILES string of the molecule is CC(Nc1cccc(CN(C)C)c1)c1cncs1. The van der Waals surface area contributed by atoms with Crippen LogP contribution in [0.2, 0.25) is 0 Å². The maximum atomic E-state index is 4.11. The molecule has 0 bridgehead atoms. The number of hydrogen-bond donors (Lipinski definition) is 1. The van der Waals surface area contributed by atoms with E-state index in [1.807, 2.05) is 11.7 Å². The second kappa shape index (κ2) is 5.98. The third-order valence-corrected chi connectivity index (χ3v) is 3.65. The largest absolute Gasteiger partial charge is 0.378 e. The van der Waals surface area contributed by atoms with Gasteiger partial charge in [0.15, 0.2) is 0 Å². The van der Waals surface area contributed by atoms with Gasteiger partial charge < -0.3 is 10.2 Å². The van der Waals surface area contributed by atoms with Crippen molar-refractivity contribution in [3.63, 3.8) is 0 Å². The zero-order valence-corrected chi connectivity index (χ0v) is 11.9. The average molecular weight is 261 g/mol. The van der Waals surface area contributed by atoms with Crippen LogP contribution in [0.3, 0.4) is 0 Å². The second-order valence-electron chi connectivity index (χ2n) is 4.71. The van der Waals surface area contributed by atoms with Gasteiger partial charge in [0.1, 0.15) is 0 Å². The number of nitrogens with zero attached hydrogens (tertiary/aromatic N) is 2. The lowest BCUT2D eigenvalue weighted by molar-refractivity contribution is 0.402. The van der Waals surface area contributed by atoms with Gasteiger partial charge >= 0.3 is 0 Å². The lowest BCUT2D eigenvalue weighted by Gasteiger charge is -2.15. The minimum absolute atomic E-state index is 0.298. The van der Waals surface area contributed by atoms with Crippen molar-refractivity contribution < 1.29 is 0 Å². The Labute approximate surface area is 112 Å². The number of thiazole rings is 1. The molecule has 1 heterocycles. The standard InChI is InChI=1S/C14H19N3S/c1-11(14-8-15-10-18-14)16-13-6-4-5-12(7-13)9-17(2)3/h4-8,10-11,16H,9H2,1-3H3. The number of nitrogens with one attached hydrogen (secondary N) is 1. The molecular formula is C14H19N3S. The molecule has 0 saturated heterocycles. The van der Waals surface area contributed by atoms with Crippen LogP contribution in [-0.2, 0) is 6.54 Å². The molecule has 0 aliphatic rings. The molecule has 2 aromatic rings. The van der Waals surface area contributed by atoms with Gasteiger partial charge in [-0.2, -0.15) is 0 Å². The van der Waals surface area contributed by atoms with Crippen molar-refractivity contribution in [2.24, 2.45) is 0 Å². The summed E-state index contributed by atoms with van der Waals surface area (Å²) in [7, 11) is 4.17. The highest BCUT2D eigenvalue weighted by molar-refractivity contribution is 7.09. The van der Waals surface area contributed by atoms with Crippen LogP contribution < -0.4 is 5.32 Å². The van der Waals surface area contributed by atoms with E-state index in [4.69, 9.17) is 0 Å². The summed E-state index contributed by atoms with van der Waals surface area (Å²) in [5.41, 5.74) is 4.35. The zero-order chi connectivity index (χ0) is 13.0. The summed E-state index contributed by atoms with van der Waals surface area (Å²) >= 11 is 1.68. The van der Waals surface area contributed by atoms with E-state index in [1.54, 1.807) is 11.3 Å². The molecule has 0 radical (unpaired) electrons. The van der Waals surface area contributed by atoms with Gasteiger partial charge in [-0.1, -0.05) is 12.1 Å². The number of benzene rings is 1. The van der Waals surface area contributed by atoms with E-state index in [9.17, 15) is 0 Å². The third kappa shape index (κ3) is 3.55. The molecule has 3 nitrogen and oxygen atoms in total. The molecule has 18 heavy (non-hydrogen) atoms. The van der Waals surface area contributed by atoms with E-state index in [0.717, 1.165) is 12.2 Å². The summed E-state index contributed by atoms with van der Waals surface area (Å²) in [4.78, 5) is 7.54. The van der Waals surface area contributed by atoms with Gasteiger partial charge in [-0.25, -0.2) is 0 Å². The molecule has 0 aliphatic heterocycles. The van der Waals surface area contributed by atoms with Crippen LogP contribution in [-0.4, -0.2) is 24.0 Å². The molecule has 96 valence electrons. The molecule has 1 unspecified atom stereocenters. The summed E-state index contributed by atoms with van der Waals surface area (Å²) in [5.74, 6) is 0. The first-order valence-corrected chi connectivity index (χ1v) is 6.91. The topological polar surface area (TPSA) is 28.2 Å². The highest BCUT2D eigenvalue weighted by Crippen LogP contribution is 2.22. The molecule has 2 rings (SSSR count). The van der Waals surface area contributed by atoms with E-state index in [1.165, 1.54) is 10.4 Å². The van der Waals surface area contributed by atoms with Gasteiger partial charge in [-0.3, -0.25) is 4.98 Å². The second-order valence-corrected chi connectivity index (χ2v) is 5.63. The normalized spacial score (nSPS) is 12.7. The van der Waals surface area contributed by atoms with Gasteiger partial charge in [0.05, 0.1) is 11.6 Å². The molecule has 0 amide bonds. The quantitative estimate of drug-likeness (QED) is 0.894. The van der Waals surface area contributed by atoms with Gasteiger partial charge in [-0.15, -0.1) is 11.3 Å². The van der Waals surface area contributed by atoms with Crippen LogP contribution in [0.25, 0.3) is 0 Å². The number of rotatable bonds is 5. The Morgan fingerprint density at radius 3 is 2.89 bits per heavy atom. The Kier molecular flexibility index (Phi) is 4.33.